The van der Waals surface area contributed by atoms with E-state index in [0.717, 1.165) is 6.26 Å². The minimum atomic E-state index is -2.17. The number of nitrogens with zero attached hydrogens (tertiary/aromatic N) is 4. The van der Waals surface area contributed by atoms with E-state index in [4.69, 9.17) is 23.7 Å². The zero-order valence-corrected chi connectivity index (χ0v) is 45.5. The number of rotatable bonds is 8. The number of hydrogen-bond acceptors (Lipinski definition) is 18. The Balaban J connectivity index is 1.05. The van der Waals surface area contributed by atoms with E-state index in [1.165, 1.54) is 75.8 Å². The zero-order valence-electron chi connectivity index (χ0n) is 45.5. The molecule has 0 radical (unpaired) electrons. The van der Waals surface area contributed by atoms with E-state index in [-0.39, 0.29) is 110 Å². The zero-order chi connectivity index (χ0) is 57.5. The van der Waals surface area contributed by atoms with Crippen LogP contribution < -0.4 is 25.2 Å². The van der Waals surface area contributed by atoms with Crippen LogP contribution in [0.25, 0.3) is 0 Å². The first-order valence-electron chi connectivity index (χ1n) is 26.2. The summed E-state index contributed by atoms with van der Waals surface area (Å²) in [4.78, 5) is 115. The van der Waals surface area contributed by atoms with E-state index in [1.54, 1.807) is 48.8 Å². The van der Waals surface area contributed by atoms with Crippen molar-refractivity contribution in [3.63, 3.8) is 0 Å². The smallest absolute Gasteiger partial charge is 0.414 e. The van der Waals surface area contributed by atoms with Crippen LogP contribution >= 0.6 is 0 Å². The molecule has 9 rings (SSSR count). The minimum absolute atomic E-state index is 0.00227. The third kappa shape index (κ3) is 11.3. The molecule has 5 N–H and O–H groups in total. The summed E-state index contributed by atoms with van der Waals surface area (Å²) in [7, 11) is 1.39. The highest BCUT2D eigenvalue weighted by atomic mass is 19.1. The molecule has 2 aromatic carbocycles. The number of methoxy groups -OCH3 is 1. The second-order valence-electron chi connectivity index (χ2n) is 21.1. The van der Waals surface area contributed by atoms with Gasteiger partial charge in [-0.2, -0.15) is 0 Å². The quantitative estimate of drug-likeness (QED) is 0.236. The van der Waals surface area contributed by atoms with Crippen LogP contribution in [0.4, 0.5) is 20.6 Å². The van der Waals surface area contributed by atoms with Crippen molar-refractivity contribution in [2.45, 2.75) is 98.1 Å². The highest BCUT2D eigenvalue weighted by Crippen LogP contribution is 2.49. The molecule has 0 spiro atoms. The molecule has 9 atom stereocenters. The molecule has 0 saturated carbocycles. The first kappa shape index (κ1) is 57.5. The normalized spacial score (nSPS) is 29.5. The maximum Gasteiger partial charge on any atom is 0.414 e. The molecule has 79 heavy (non-hydrogen) atoms. The van der Waals surface area contributed by atoms with Crippen molar-refractivity contribution in [2.24, 2.45) is 23.7 Å². The number of anilines is 2. The molecule has 6 heterocycles. The number of ketones is 3. The molecule has 0 unspecified atom stereocenters. The largest absolute Gasteiger partial charge is 0.507 e. The van der Waals surface area contributed by atoms with Crippen LogP contribution in [0.1, 0.15) is 91.5 Å². The number of aliphatic hydroxyl groups is 2. The fourth-order valence-electron chi connectivity index (χ4n) is 10.8. The number of carbonyl (C=O) groups is 8. The number of benzene rings is 2. The van der Waals surface area contributed by atoms with Crippen LogP contribution in [0.3, 0.4) is 0 Å². The summed E-state index contributed by atoms with van der Waals surface area (Å²) in [5, 5.41) is 39.8. The van der Waals surface area contributed by atoms with Crippen LogP contribution in [0.2, 0.25) is 0 Å². The van der Waals surface area contributed by atoms with E-state index in [2.05, 4.69) is 10.6 Å². The fraction of sp³-hybridized carbons (Fsp3) is 0.500. The predicted molar refractivity (Wildman–Crippen MR) is 280 cm³/mol. The summed E-state index contributed by atoms with van der Waals surface area (Å²) < 4.78 is 44.4. The number of fused-ring (bicyclic) bond motifs is 14. The molecule has 4 amide bonds. The number of cyclic esters (lactones) is 1. The Morgan fingerprint density at radius 3 is 2.24 bits per heavy atom. The average molecular weight is 1100 g/mol. The lowest BCUT2D eigenvalue weighted by molar-refractivity contribution is -0.155. The lowest BCUT2D eigenvalue weighted by Gasteiger charge is -2.45. The number of piperazine rings is 1. The molecule has 3 fully saturated rings. The standard InChI is InChI=1S/C56H67FN6O16/c1-27-11-10-12-28(2)53(72)59-44-45(62-24-34(25-62)54(73)61-18-16-60(17-19-61)39-14-13-35(21-38(39)57)63-26-37(78-55(63)74)23-58-32(6)64)50(70)41-42(49(44)69)48(68)31(5)51-43(41)52(71)56(8,79-51)76-20-15-36(75-9)22-40(77-33(7)65)29(3)47(67)30(4)46(27)66/h10-15,20-21,27,29-30,34,36-37,40,46-47,66-68H,16-19,22-26H2,1-9H3,(H,58,64)(H,59,72)/b11-10+,20-15+,28-12-/t27-,29-,30+,36-,37-,40+,46-,47-,56-/m0/s1. The van der Waals surface area contributed by atoms with Crippen molar-refractivity contribution in [3.05, 3.63) is 93.8 Å². The van der Waals surface area contributed by atoms with Gasteiger partial charge in [0.25, 0.3) is 11.7 Å². The van der Waals surface area contributed by atoms with Gasteiger partial charge in [-0.05, 0) is 38.1 Å². The molecule has 23 heteroatoms. The maximum absolute atomic E-state index is 15.7. The van der Waals surface area contributed by atoms with Gasteiger partial charge in [0.1, 0.15) is 40.9 Å². The molecule has 22 nitrogen and oxygen atoms in total. The molecular weight excluding hydrogens is 1030 g/mol. The number of esters is 1. The van der Waals surface area contributed by atoms with Gasteiger partial charge in [-0.25, -0.2) is 9.18 Å². The van der Waals surface area contributed by atoms with Gasteiger partial charge in [0.15, 0.2) is 0 Å². The van der Waals surface area contributed by atoms with Gasteiger partial charge in [-0.3, -0.25) is 38.5 Å². The second-order valence-corrected chi connectivity index (χ2v) is 21.1. The van der Waals surface area contributed by atoms with Gasteiger partial charge in [0.05, 0.1) is 71.6 Å². The summed E-state index contributed by atoms with van der Waals surface area (Å²) in [5.41, 5.74) is -1.72. The van der Waals surface area contributed by atoms with Crippen molar-refractivity contribution < 1.29 is 81.8 Å². The maximum atomic E-state index is 15.7. The van der Waals surface area contributed by atoms with Crippen molar-refractivity contribution in [2.75, 3.05) is 69.3 Å². The van der Waals surface area contributed by atoms with E-state index in [0.29, 0.717) is 0 Å². The van der Waals surface area contributed by atoms with Gasteiger partial charge >= 0.3 is 17.8 Å². The monoisotopic (exact) mass is 1100 g/mol. The Morgan fingerprint density at radius 1 is 0.899 bits per heavy atom. The number of Topliss-reactive ketones (excluding diaryl/α,β-unsaturated/α-hetero) is 3. The summed E-state index contributed by atoms with van der Waals surface area (Å²) in [5.74, 6) is -11.2. The van der Waals surface area contributed by atoms with Gasteiger partial charge < -0.3 is 64.3 Å². The molecule has 1 aliphatic carbocycles. The SMILES string of the molecule is CO[C@H]1/C=C/O[C@@]2(C)Oc3c(C)c(O)c4c(c3C2=O)C(=O)C(N2CC(C(=O)N3CCN(c5ccc(N6C[C@H](CNC(C)=O)OC6=O)cc5F)CC3)C2)=C(NC(=O)/C(C)=C\C=C\[C@H](C)[C@H](O)[C@@H](C)[C@@H](O)[C@@H](C)[C@H](OC(C)=O)C1)C4=O. The van der Waals surface area contributed by atoms with Gasteiger partial charge in [0, 0.05) is 102 Å². The summed E-state index contributed by atoms with van der Waals surface area (Å²) >= 11 is 0. The molecule has 5 bridgehead atoms. The summed E-state index contributed by atoms with van der Waals surface area (Å²) in [6.07, 6.45) is 1.76. The van der Waals surface area contributed by atoms with Crippen LogP contribution in [0.5, 0.6) is 11.5 Å². The number of hydrogen-bond donors (Lipinski definition) is 5. The third-order valence-electron chi connectivity index (χ3n) is 15.7. The Labute approximate surface area is 455 Å². The Hall–Kier alpha value is -7.63. The lowest BCUT2D eigenvalue weighted by atomic mass is 9.81. The molecule has 424 valence electrons. The Bertz CT molecular complexity index is 2980. The highest BCUT2D eigenvalue weighted by Gasteiger charge is 2.54. The molecular formula is C56H67FN6O16. The number of ether oxygens (including phenoxy) is 5. The number of aliphatic hydroxyl groups excluding tert-OH is 2. The first-order valence-corrected chi connectivity index (χ1v) is 26.2. The van der Waals surface area contributed by atoms with Crippen LogP contribution in [-0.2, 0) is 38.1 Å². The number of halogens is 1. The van der Waals surface area contributed by atoms with Crippen molar-refractivity contribution in [1.82, 2.24) is 20.4 Å². The van der Waals surface area contributed by atoms with Gasteiger partial charge in [0.2, 0.25) is 23.4 Å². The number of allylic oxidation sites excluding steroid dienone is 4. The van der Waals surface area contributed by atoms with E-state index >= 15 is 9.18 Å². The second kappa shape index (κ2) is 23.0. The summed E-state index contributed by atoms with van der Waals surface area (Å²) in [6, 6.07) is 4.37. The average Bonchev–Trinajstić information content (AvgIpc) is 4.18. The molecule has 2 aromatic rings. The van der Waals surface area contributed by atoms with Crippen molar-refractivity contribution >= 4 is 58.5 Å². The van der Waals surface area contributed by atoms with Gasteiger partial charge in [-0.15, -0.1) is 0 Å². The molecule has 7 aliphatic rings. The van der Waals surface area contributed by atoms with Crippen LogP contribution in [0, 0.1) is 36.4 Å². The van der Waals surface area contributed by atoms with Crippen LogP contribution in [-0.4, -0.2) is 168 Å². The van der Waals surface area contributed by atoms with E-state index in [9.17, 15) is 48.9 Å². The van der Waals surface area contributed by atoms with Crippen LogP contribution in [0.15, 0.2) is 65.7 Å². The number of phenolic OH excluding ortho intramolecular Hbond substituents is 1. The molecule has 6 aliphatic heterocycles. The first-order chi connectivity index (χ1) is 37.3. The molecule has 0 aromatic heterocycles. The number of nitrogens with one attached hydrogen (secondary N) is 2. The summed E-state index contributed by atoms with van der Waals surface area (Å²) in [6.45, 7) is 12.7. The number of likely N-dealkylation sites (tertiary alicyclic amines) is 1. The van der Waals surface area contributed by atoms with Crippen molar-refractivity contribution in [1.29, 1.82) is 0 Å². The van der Waals surface area contributed by atoms with E-state index < -0.39 is 124 Å². The van der Waals surface area contributed by atoms with Gasteiger partial charge in [-0.1, -0.05) is 39.0 Å². The number of carbonyl (C=O) groups excluding carboxylic acids is 8. The van der Waals surface area contributed by atoms with Crippen molar-refractivity contribution in [3.8, 4) is 11.5 Å². The topological polar surface area (TPSA) is 280 Å². The third-order valence-corrected chi connectivity index (χ3v) is 15.7. The highest BCUT2D eigenvalue weighted by molar-refractivity contribution is 6.32. The predicted octanol–water partition coefficient (Wildman–Crippen LogP) is 3.59. The Kier molecular flexibility index (Phi) is 16.7. The lowest BCUT2D eigenvalue weighted by Crippen LogP contribution is -2.59. The fourth-order valence-corrected chi connectivity index (χ4v) is 10.8. The van der Waals surface area contributed by atoms with E-state index in [1.807, 2.05) is 0 Å². The Morgan fingerprint density at radius 2 is 1.59 bits per heavy atom. The number of phenols is 1. The molecule has 3 saturated heterocycles. The minimum Gasteiger partial charge on any atom is -0.507 e. The number of amides is 4. The number of aromatic hydroxyl groups is 1.